The molecule has 0 aromatic heterocycles. The lowest BCUT2D eigenvalue weighted by atomic mass is 9.07. The normalized spacial score (nSPS) is 32.2. The van der Waals surface area contributed by atoms with Crippen LogP contribution in [0.1, 0.15) is 53.4 Å². The highest BCUT2D eigenvalue weighted by atomic mass is 19.1. The van der Waals surface area contributed by atoms with Crippen molar-refractivity contribution in [2.24, 2.45) is 23.7 Å². The summed E-state index contributed by atoms with van der Waals surface area (Å²) in [5, 5.41) is 0. The van der Waals surface area contributed by atoms with E-state index in [9.17, 15) is 17.6 Å². The number of hydrogen-bond donors (Lipinski definition) is 0. The first-order chi connectivity index (χ1) is 15.6. The summed E-state index contributed by atoms with van der Waals surface area (Å²) in [5.41, 5.74) is 3.29. The van der Waals surface area contributed by atoms with Gasteiger partial charge < -0.3 is 0 Å². The minimum absolute atomic E-state index is 0.0456. The fourth-order valence-corrected chi connectivity index (χ4v) is 6.51. The fourth-order valence-electron chi connectivity index (χ4n) is 6.51. The molecule has 0 saturated carbocycles. The SMILES string of the molecule is CC1CC=C(F)C=C1[B-](C1=CC(F)=CCC1C)(C1=CC(F)=CCC1C)C1=CC(F)=CCC1C. The van der Waals surface area contributed by atoms with Gasteiger partial charge in [-0.25, -0.2) is 39.5 Å². The maximum Gasteiger partial charge on any atom is 0.115 e. The van der Waals surface area contributed by atoms with Crippen LogP contribution in [0.5, 0.6) is 0 Å². The topological polar surface area (TPSA) is 0 Å². The van der Waals surface area contributed by atoms with E-state index in [0.29, 0.717) is 25.7 Å². The van der Waals surface area contributed by atoms with Crippen molar-refractivity contribution >= 4 is 6.15 Å². The molecule has 176 valence electrons. The van der Waals surface area contributed by atoms with E-state index in [2.05, 4.69) is 0 Å². The standard InChI is InChI=1S/C28H32BF4/c1-17-5-9-21(30)13-25(17)29(26-14-22(31)10-6-18(26)2,27-15-23(32)11-7-19(27)3)28-16-24(33)12-8-20(28)4/h9-20H,5-8H2,1-4H3/q-1. The summed E-state index contributed by atoms with van der Waals surface area (Å²) in [4.78, 5) is 0. The van der Waals surface area contributed by atoms with Crippen molar-refractivity contribution in [2.45, 2.75) is 53.4 Å². The van der Waals surface area contributed by atoms with Crippen LogP contribution in [0.4, 0.5) is 17.6 Å². The van der Waals surface area contributed by atoms with Crippen LogP contribution in [0, 0.1) is 23.7 Å². The molecule has 0 heterocycles. The van der Waals surface area contributed by atoms with E-state index in [4.69, 9.17) is 0 Å². The predicted octanol–water partition coefficient (Wildman–Crippen LogP) is 8.87. The predicted molar refractivity (Wildman–Crippen MR) is 130 cm³/mol. The Bertz CT molecular complexity index is 906. The van der Waals surface area contributed by atoms with E-state index in [1.54, 1.807) is 48.6 Å². The largest absolute Gasteiger partial charge is 0.212 e. The molecule has 4 rings (SSSR count). The van der Waals surface area contributed by atoms with E-state index in [0.717, 1.165) is 21.9 Å². The third kappa shape index (κ3) is 4.20. The van der Waals surface area contributed by atoms with Gasteiger partial charge in [0.05, 0.1) is 6.15 Å². The Morgan fingerprint density at radius 3 is 0.909 bits per heavy atom. The van der Waals surface area contributed by atoms with Crippen LogP contribution in [0.15, 0.2) is 93.8 Å². The van der Waals surface area contributed by atoms with Crippen molar-refractivity contribution in [2.75, 3.05) is 0 Å². The molecule has 4 atom stereocenters. The highest BCUT2D eigenvalue weighted by molar-refractivity contribution is 7.04. The first kappa shape index (κ1) is 23.8. The second-order valence-electron chi connectivity index (χ2n) is 10.3. The van der Waals surface area contributed by atoms with Crippen molar-refractivity contribution in [1.29, 1.82) is 0 Å². The molecule has 0 amide bonds. The summed E-state index contributed by atoms with van der Waals surface area (Å²) in [5.74, 6) is -1.54. The summed E-state index contributed by atoms with van der Waals surface area (Å²) < 4.78 is 59.4. The highest BCUT2D eigenvalue weighted by Crippen LogP contribution is 2.54. The van der Waals surface area contributed by atoms with E-state index in [1.165, 1.54) is 0 Å². The number of hydrogen-bond acceptors (Lipinski definition) is 0. The maximum atomic E-state index is 14.8. The molecule has 0 aromatic carbocycles. The summed E-state index contributed by atoms with van der Waals surface area (Å²) in [6.07, 6.45) is 12.4. The second-order valence-corrected chi connectivity index (χ2v) is 10.3. The third-order valence-corrected chi connectivity index (χ3v) is 8.16. The Hall–Kier alpha value is -2.30. The summed E-state index contributed by atoms with van der Waals surface area (Å²) >= 11 is 0. The lowest BCUT2D eigenvalue weighted by Gasteiger charge is -2.58. The molecule has 0 fully saturated rings. The molecule has 0 aliphatic heterocycles. The third-order valence-electron chi connectivity index (χ3n) is 8.16. The average Bonchev–Trinajstić information content (AvgIpc) is 2.77. The zero-order valence-corrected chi connectivity index (χ0v) is 19.8. The van der Waals surface area contributed by atoms with Crippen molar-refractivity contribution in [3.05, 3.63) is 93.8 Å². The molecule has 4 aliphatic carbocycles. The first-order valence-electron chi connectivity index (χ1n) is 12.1. The zero-order chi connectivity index (χ0) is 23.9. The average molecular weight is 455 g/mol. The van der Waals surface area contributed by atoms with Crippen LogP contribution in [-0.2, 0) is 0 Å². The van der Waals surface area contributed by atoms with Gasteiger partial charge >= 0.3 is 0 Å². The molecule has 4 unspecified atom stereocenters. The first-order valence-corrected chi connectivity index (χ1v) is 12.1. The van der Waals surface area contributed by atoms with Crippen LogP contribution >= 0.6 is 0 Å². The van der Waals surface area contributed by atoms with Crippen LogP contribution in [0.25, 0.3) is 0 Å². The minimum atomic E-state index is -2.08. The molecule has 0 radical (unpaired) electrons. The van der Waals surface area contributed by atoms with Crippen molar-refractivity contribution in [3.8, 4) is 0 Å². The minimum Gasteiger partial charge on any atom is -0.212 e. The molecule has 0 aromatic rings. The molecule has 0 nitrogen and oxygen atoms in total. The summed E-state index contributed by atoms with van der Waals surface area (Å²) in [6, 6.07) is 0. The van der Waals surface area contributed by atoms with Gasteiger partial charge in [0.1, 0.15) is 23.3 Å². The summed E-state index contributed by atoms with van der Waals surface area (Å²) in [6.45, 7) is 8.14. The van der Waals surface area contributed by atoms with Crippen molar-refractivity contribution in [3.63, 3.8) is 0 Å². The van der Waals surface area contributed by atoms with Crippen LogP contribution < -0.4 is 0 Å². The van der Waals surface area contributed by atoms with Gasteiger partial charge in [-0.15, -0.1) is 0 Å². The van der Waals surface area contributed by atoms with E-state index in [-0.39, 0.29) is 47.0 Å². The Morgan fingerprint density at radius 1 is 0.485 bits per heavy atom. The van der Waals surface area contributed by atoms with Gasteiger partial charge in [0.2, 0.25) is 0 Å². The summed E-state index contributed by atoms with van der Waals surface area (Å²) in [7, 11) is 0. The van der Waals surface area contributed by atoms with Gasteiger partial charge in [-0.05, 0) is 50.0 Å². The Balaban J connectivity index is 2.16. The molecule has 0 spiro atoms. The maximum absolute atomic E-state index is 14.8. The van der Waals surface area contributed by atoms with Gasteiger partial charge in [-0.1, -0.05) is 75.7 Å². The molecule has 33 heavy (non-hydrogen) atoms. The Labute approximate surface area is 194 Å². The number of rotatable bonds is 4. The van der Waals surface area contributed by atoms with E-state index >= 15 is 0 Å². The number of halogens is 4. The lowest BCUT2D eigenvalue weighted by Crippen LogP contribution is -2.53. The molecule has 0 saturated heterocycles. The molecular formula is C28H32BF4-. The second kappa shape index (κ2) is 9.16. The van der Waals surface area contributed by atoms with Gasteiger partial charge in [0.15, 0.2) is 0 Å². The van der Waals surface area contributed by atoms with Crippen LogP contribution in [0.3, 0.4) is 0 Å². The molecule has 4 aliphatic rings. The van der Waals surface area contributed by atoms with Crippen LogP contribution in [-0.4, -0.2) is 6.15 Å². The molecule has 0 N–H and O–H groups in total. The zero-order valence-electron chi connectivity index (χ0n) is 19.8. The van der Waals surface area contributed by atoms with Gasteiger partial charge in [-0.3, -0.25) is 0 Å². The molecule has 5 heteroatoms. The highest BCUT2D eigenvalue weighted by Gasteiger charge is 2.45. The van der Waals surface area contributed by atoms with E-state index in [1.807, 2.05) is 27.7 Å². The fraction of sp³-hybridized carbons (Fsp3) is 0.429. The van der Waals surface area contributed by atoms with E-state index < -0.39 is 6.15 Å². The Kier molecular flexibility index (Phi) is 6.62. The monoisotopic (exact) mass is 455 g/mol. The van der Waals surface area contributed by atoms with Crippen molar-refractivity contribution in [1.82, 2.24) is 0 Å². The Morgan fingerprint density at radius 2 is 0.697 bits per heavy atom. The van der Waals surface area contributed by atoms with Gasteiger partial charge in [-0.2, -0.15) is 0 Å². The van der Waals surface area contributed by atoms with Crippen LogP contribution in [0.2, 0.25) is 0 Å². The van der Waals surface area contributed by atoms with Gasteiger partial charge in [0, 0.05) is 0 Å². The van der Waals surface area contributed by atoms with Crippen molar-refractivity contribution < 1.29 is 17.6 Å². The quantitative estimate of drug-likeness (QED) is 0.293. The smallest absolute Gasteiger partial charge is 0.115 e. The molecular weight excluding hydrogens is 423 g/mol. The lowest BCUT2D eigenvalue weighted by molar-refractivity contribution is 0.590. The number of allylic oxidation sites excluding steroid dienone is 16. The van der Waals surface area contributed by atoms with Gasteiger partial charge in [0.25, 0.3) is 0 Å². The molecule has 0 bridgehead atoms.